The molecule has 0 aliphatic heterocycles. The average molecular weight is 172 g/mol. The third-order valence-corrected chi connectivity index (χ3v) is 2.90. The molecule has 0 aliphatic carbocycles. The lowest BCUT2D eigenvalue weighted by Gasteiger charge is -1.90. The summed E-state index contributed by atoms with van der Waals surface area (Å²) in [5.41, 5.74) is 0. The van der Waals surface area contributed by atoms with E-state index in [0.717, 1.165) is 10.9 Å². The number of imidazole rings is 1. The SMILES string of the molecule is C=CCSSc1ncc[nH]1. The Hall–Kier alpha value is -0.350. The molecule has 0 aromatic carbocycles. The van der Waals surface area contributed by atoms with Crippen LogP contribution >= 0.6 is 21.6 Å². The maximum atomic E-state index is 4.04. The molecule has 4 heteroatoms. The highest BCUT2D eigenvalue weighted by Gasteiger charge is 1.92. The van der Waals surface area contributed by atoms with Gasteiger partial charge in [-0.2, -0.15) is 0 Å². The zero-order valence-electron chi connectivity index (χ0n) is 5.41. The number of aromatic nitrogens is 2. The Morgan fingerprint density at radius 3 is 3.30 bits per heavy atom. The van der Waals surface area contributed by atoms with Gasteiger partial charge in [0.2, 0.25) is 0 Å². The maximum Gasteiger partial charge on any atom is 0.176 e. The first-order valence-electron chi connectivity index (χ1n) is 2.83. The van der Waals surface area contributed by atoms with E-state index in [0.29, 0.717) is 0 Å². The van der Waals surface area contributed by atoms with Gasteiger partial charge in [0.25, 0.3) is 0 Å². The van der Waals surface area contributed by atoms with Crippen LogP contribution in [0.5, 0.6) is 0 Å². The molecule has 1 heterocycles. The first kappa shape index (κ1) is 7.75. The van der Waals surface area contributed by atoms with Gasteiger partial charge in [-0.05, 0) is 10.8 Å². The van der Waals surface area contributed by atoms with E-state index in [9.17, 15) is 0 Å². The van der Waals surface area contributed by atoms with E-state index in [1.165, 1.54) is 0 Å². The number of hydrogen-bond acceptors (Lipinski definition) is 3. The van der Waals surface area contributed by atoms with Crippen molar-refractivity contribution in [1.29, 1.82) is 0 Å². The zero-order valence-corrected chi connectivity index (χ0v) is 7.04. The van der Waals surface area contributed by atoms with E-state index in [4.69, 9.17) is 0 Å². The Balaban J connectivity index is 2.21. The van der Waals surface area contributed by atoms with E-state index in [-0.39, 0.29) is 0 Å². The first-order chi connectivity index (χ1) is 4.93. The molecule has 0 saturated heterocycles. The Kier molecular flexibility index (Phi) is 3.46. The standard InChI is InChI=1S/C6H8N2S2/c1-2-5-9-10-6-7-3-4-8-6/h2-4H,1,5H2,(H,7,8). The molecular weight excluding hydrogens is 164 g/mol. The minimum absolute atomic E-state index is 0.950. The van der Waals surface area contributed by atoms with Crippen LogP contribution in [-0.2, 0) is 0 Å². The fourth-order valence-electron chi connectivity index (χ4n) is 0.434. The van der Waals surface area contributed by atoms with Gasteiger partial charge < -0.3 is 4.98 Å². The summed E-state index contributed by atoms with van der Waals surface area (Å²) in [5, 5.41) is 0.951. The summed E-state index contributed by atoms with van der Waals surface area (Å²) in [7, 11) is 3.35. The fraction of sp³-hybridized carbons (Fsp3) is 0.167. The molecule has 1 N–H and O–H groups in total. The highest BCUT2D eigenvalue weighted by Crippen LogP contribution is 2.27. The summed E-state index contributed by atoms with van der Waals surface area (Å²) >= 11 is 0. The first-order valence-corrected chi connectivity index (χ1v) is 5.15. The van der Waals surface area contributed by atoms with Gasteiger partial charge in [0.15, 0.2) is 5.16 Å². The number of hydrogen-bond donors (Lipinski definition) is 1. The van der Waals surface area contributed by atoms with Crippen molar-refractivity contribution in [1.82, 2.24) is 9.97 Å². The molecule has 0 unspecified atom stereocenters. The number of aromatic amines is 1. The predicted molar refractivity (Wildman–Crippen MR) is 47.1 cm³/mol. The number of H-pyrrole nitrogens is 1. The quantitative estimate of drug-likeness (QED) is 0.429. The lowest BCUT2D eigenvalue weighted by molar-refractivity contribution is 1.07. The van der Waals surface area contributed by atoms with Crippen molar-refractivity contribution < 1.29 is 0 Å². The smallest absolute Gasteiger partial charge is 0.176 e. The van der Waals surface area contributed by atoms with E-state index in [2.05, 4.69) is 16.5 Å². The summed E-state index contributed by atoms with van der Waals surface area (Å²) in [4.78, 5) is 7.03. The third kappa shape index (κ3) is 2.49. The van der Waals surface area contributed by atoms with Crippen molar-refractivity contribution in [3.05, 3.63) is 25.0 Å². The Morgan fingerprint density at radius 1 is 1.80 bits per heavy atom. The molecule has 0 aliphatic rings. The van der Waals surface area contributed by atoms with Gasteiger partial charge in [0.05, 0.1) is 0 Å². The second-order valence-electron chi connectivity index (χ2n) is 1.55. The molecule has 1 aromatic heterocycles. The lowest BCUT2D eigenvalue weighted by atomic mass is 10.8. The monoisotopic (exact) mass is 172 g/mol. The maximum absolute atomic E-state index is 4.04. The highest BCUT2D eigenvalue weighted by molar-refractivity contribution is 8.76. The topological polar surface area (TPSA) is 28.7 Å². The van der Waals surface area contributed by atoms with Crippen molar-refractivity contribution in [2.24, 2.45) is 0 Å². The highest BCUT2D eigenvalue weighted by atomic mass is 33.1. The molecule has 1 rings (SSSR count). The molecule has 0 saturated carbocycles. The van der Waals surface area contributed by atoms with Crippen molar-refractivity contribution in [2.75, 3.05) is 5.75 Å². The normalized spacial score (nSPS) is 9.60. The van der Waals surface area contributed by atoms with E-state index in [1.54, 1.807) is 27.8 Å². The van der Waals surface area contributed by atoms with Crippen molar-refractivity contribution in [3.63, 3.8) is 0 Å². The number of rotatable bonds is 4. The summed E-state index contributed by atoms with van der Waals surface area (Å²) in [6.07, 6.45) is 5.44. The number of nitrogens with zero attached hydrogens (tertiary/aromatic N) is 1. The fourth-order valence-corrected chi connectivity index (χ4v) is 2.03. The molecule has 2 nitrogen and oxygen atoms in total. The van der Waals surface area contributed by atoms with Gasteiger partial charge in [-0.1, -0.05) is 16.9 Å². The third-order valence-electron chi connectivity index (χ3n) is 0.797. The van der Waals surface area contributed by atoms with Crippen LogP contribution in [0.2, 0.25) is 0 Å². The second-order valence-corrected chi connectivity index (χ2v) is 3.88. The van der Waals surface area contributed by atoms with Gasteiger partial charge >= 0.3 is 0 Å². The van der Waals surface area contributed by atoms with Gasteiger partial charge in [-0.25, -0.2) is 4.98 Å². The summed E-state index contributed by atoms with van der Waals surface area (Å²) in [6, 6.07) is 0. The Morgan fingerprint density at radius 2 is 2.70 bits per heavy atom. The second kappa shape index (κ2) is 4.46. The minimum atomic E-state index is 0.950. The lowest BCUT2D eigenvalue weighted by Crippen LogP contribution is -1.69. The largest absolute Gasteiger partial charge is 0.339 e. The van der Waals surface area contributed by atoms with E-state index in [1.807, 2.05) is 12.3 Å². The predicted octanol–water partition coefficient (Wildman–Crippen LogP) is 2.34. The average Bonchev–Trinajstić information content (AvgIpc) is 2.41. The van der Waals surface area contributed by atoms with Crippen LogP contribution in [0.4, 0.5) is 0 Å². The number of nitrogens with one attached hydrogen (secondary N) is 1. The van der Waals surface area contributed by atoms with Crippen LogP contribution < -0.4 is 0 Å². The van der Waals surface area contributed by atoms with Crippen LogP contribution in [0, 0.1) is 0 Å². The molecule has 0 amide bonds. The van der Waals surface area contributed by atoms with E-state index >= 15 is 0 Å². The summed E-state index contributed by atoms with van der Waals surface area (Å²) in [6.45, 7) is 3.61. The Labute approximate surface area is 67.9 Å². The van der Waals surface area contributed by atoms with Crippen molar-refractivity contribution in [3.8, 4) is 0 Å². The van der Waals surface area contributed by atoms with E-state index < -0.39 is 0 Å². The van der Waals surface area contributed by atoms with Gasteiger partial charge in [-0.15, -0.1) is 6.58 Å². The molecule has 54 valence electrons. The molecule has 0 fully saturated rings. The van der Waals surface area contributed by atoms with Crippen LogP contribution in [0.15, 0.2) is 30.2 Å². The zero-order chi connectivity index (χ0) is 7.23. The van der Waals surface area contributed by atoms with Crippen LogP contribution in [0.3, 0.4) is 0 Å². The van der Waals surface area contributed by atoms with Crippen molar-refractivity contribution >= 4 is 21.6 Å². The van der Waals surface area contributed by atoms with Gasteiger partial charge in [-0.3, -0.25) is 0 Å². The van der Waals surface area contributed by atoms with Gasteiger partial charge in [0.1, 0.15) is 0 Å². The molecule has 0 radical (unpaired) electrons. The summed E-state index contributed by atoms with van der Waals surface area (Å²) < 4.78 is 0. The molecular formula is C6H8N2S2. The van der Waals surface area contributed by atoms with Crippen LogP contribution in [0.25, 0.3) is 0 Å². The molecule has 0 atom stereocenters. The van der Waals surface area contributed by atoms with Gasteiger partial charge in [0, 0.05) is 18.1 Å². The molecule has 0 bridgehead atoms. The minimum Gasteiger partial charge on any atom is -0.339 e. The van der Waals surface area contributed by atoms with Crippen molar-refractivity contribution in [2.45, 2.75) is 5.16 Å². The summed E-state index contributed by atoms with van der Waals surface area (Å²) in [5.74, 6) is 0.950. The molecule has 1 aromatic rings. The molecule has 10 heavy (non-hydrogen) atoms. The van der Waals surface area contributed by atoms with Crippen LogP contribution in [0.1, 0.15) is 0 Å². The molecule has 0 spiro atoms. The Bertz CT molecular complexity index is 184. The van der Waals surface area contributed by atoms with Crippen LogP contribution in [-0.4, -0.2) is 15.7 Å².